The van der Waals surface area contributed by atoms with Crippen molar-refractivity contribution in [3.05, 3.63) is 71.3 Å². The smallest absolute Gasteiger partial charge is 0.183 e. The van der Waals surface area contributed by atoms with Crippen molar-refractivity contribution in [1.29, 1.82) is 0 Å². The van der Waals surface area contributed by atoms with E-state index in [4.69, 9.17) is 10.5 Å². The molecule has 0 fully saturated rings. The van der Waals surface area contributed by atoms with E-state index in [1.807, 2.05) is 18.2 Å². The van der Waals surface area contributed by atoms with Gasteiger partial charge >= 0.3 is 0 Å². The number of aliphatic imine (C=N–C) groups is 1. The summed E-state index contributed by atoms with van der Waals surface area (Å²) in [4.78, 5) is 11.3. The van der Waals surface area contributed by atoms with Crippen LogP contribution in [0.3, 0.4) is 0 Å². The van der Waals surface area contributed by atoms with Crippen LogP contribution in [0.5, 0.6) is 5.75 Å². The summed E-state index contributed by atoms with van der Waals surface area (Å²) >= 11 is 0. The van der Waals surface area contributed by atoms with Crippen molar-refractivity contribution in [3.8, 4) is 5.75 Å². The SMILES string of the molecule is COc1cc(C)c2[nH]cc(CCC3(N)N=CC=C(Nc4ccc5[nH]c(C)cc5c4)N3)c2c1. The van der Waals surface area contributed by atoms with Gasteiger partial charge < -0.3 is 25.3 Å². The molecule has 2 aromatic carbocycles. The second-order valence-electron chi connectivity index (χ2n) is 8.47. The summed E-state index contributed by atoms with van der Waals surface area (Å²) in [6.45, 7) is 4.14. The van der Waals surface area contributed by atoms with E-state index in [0.29, 0.717) is 6.42 Å². The summed E-state index contributed by atoms with van der Waals surface area (Å²) in [7, 11) is 1.69. The molecule has 4 aromatic rings. The molecule has 5 rings (SSSR count). The predicted octanol–water partition coefficient (Wildman–Crippen LogP) is 4.45. The quantitative estimate of drug-likeness (QED) is 0.313. The molecule has 0 bridgehead atoms. The van der Waals surface area contributed by atoms with E-state index in [0.717, 1.165) is 51.4 Å². The first-order valence-electron chi connectivity index (χ1n) is 10.8. The van der Waals surface area contributed by atoms with E-state index < -0.39 is 5.79 Å². The van der Waals surface area contributed by atoms with Gasteiger partial charge in [-0.2, -0.15) is 0 Å². The molecule has 0 aliphatic carbocycles. The Kier molecular flexibility index (Phi) is 4.90. The average Bonchev–Trinajstić information content (AvgIpc) is 3.34. The number of ether oxygens (including phenoxy) is 1. The standard InChI is InChI=1S/C25H28N6O/c1-15-10-20(32-3)13-21-17(14-27-24(15)21)6-8-25(26)28-9-7-23(31-25)30-19-4-5-22-18(12-19)11-16(2)29-22/h4-5,7,9-14,27,29-31H,6,8,26H2,1-3H3. The first-order chi connectivity index (χ1) is 15.4. The molecule has 0 radical (unpaired) electrons. The van der Waals surface area contributed by atoms with Crippen LogP contribution in [0.4, 0.5) is 5.69 Å². The molecule has 1 atom stereocenters. The Morgan fingerprint density at radius 2 is 2.03 bits per heavy atom. The Bertz CT molecular complexity index is 1360. The molecule has 6 N–H and O–H groups in total. The van der Waals surface area contributed by atoms with Gasteiger partial charge in [0, 0.05) is 52.0 Å². The molecule has 0 amide bonds. The Balaban J connectivity index is 1.30. The molecule has 164 valence electrons. The number of aromatic amines is 2. The van der Waals surface area contributed by atoms with Gasteiger partial charge in [0.05, 0.1) is 7.11 Å². The van der Waals surface area contributed by atoms with E-state index >= 15 is 0 Å². The Labute approximate surface area is 186 Å². The van der Waals surface area contributed by atoms with Crippen LogP contribution in [0.2, 0.25) is 0 Å². The highest BCUT2D eigenvalue weighted by Gasteiger charge is 2.26. The molecule has 0 spiro atoms. The van der Waals surface area contributed by atoms with Crippen LogP contribution in [0.15, 0.2) is 59.5 Å². The van der Waals surface area contributed by atoms with Crippen molar-refractivity contribution in [2.75, 3.05) is 12.4 Å². The number of nitrogens with one attached hydrogen (secondary N) is 4. The predicted molar refractivity (Wildman–Crippen MR) is 131 cm³/mol. The third-order valence-corrected chi connectivity index (χ3v) is 5.99. The Hall–Kier alpha value is -3.71. The van der Waals surface area contributed by atoms with E-state index in [2.05, 4.69) is 69.9 Å². The maximum Gasteiger partial charge on any atom is 0.183 e. The van der Waals surface area contributed by atoms with Gasteiger partial charge in [-0.25, -0.2) is 0 Å². The minimum absolute atomic E-state index is 0.641. The number of benzene rings is 2. The second kappa shape index (κ2) is 7.76. The minimum atomic E-state index is -0.886. The number of aromatic nitrogens is 2. The van der Waals surface area contributed by atoms with Crippen LogP contribution in [-0.4, -0.2) is 29.1 Å². The van der Waals surface area contributed by atoms with Gasteiger partial charge in [0.2, 0.25) is 0 Å². The molecular formula is C25H28N6O. The highest BCUT2D eigenvalue weighted by Crippen LogP contribution is 2.29. The van der Waals surface area contributed by atoms with Gasteiger partial charge in [-0.05, 0) is 73.9 Å². The molecule has 1 aliphatic rings. The van der Waals surface area contributed by atoms with Gasteiger partial charge in [0.15, 0.2) is 5.79 Å². The summed E-state index contributed by atoms with van der Waals surface area (Å²) in [5.74, 6) is 0.797. The topological polar surface area (TPSA) is 103 Å². The van der Waals surface area contributed by atoms with Crippen molar-refractivity contribution >= 4 is 33.7 Å². The number of fused-ring (bicyclic) bond motifs is 2. The zero-order chi connectivity index (χ0) is 22.3. The second-order valence-corrected chi connectivity index (χ2v) is 8.47. The fourth-order valence-electron chi connectivity index (χ4n) is 4.35. The van der Waals surface area contributed by atoms with Gasteiger partial charge in [-0.15, -0.1) is 0 Å². The lowest BCUT2D eigenvalue weighted by atomic mass is 10.0. The number of allylic oxidation sites excluding steroid dienone is 1. The molecule has 1 unspecified atom stereocenters. The van der Waals surface area contributed by atoms with Crippen LogP contribution in [0, 0.1) is 13.8 Å². The highest BCUT2D eigenvalue weighted by atomic mass is 16.5. The average molecular weight is 429 g/mol. The number of methoxy groups -OCH3 is 1. The number of hydrogen-bond acceptors (Lipinski definition) is 5. The number of H-pyrrole nitrogens is 2. The first-order valence-corrected chi connectivity index (χ1v) is 10.8. The fraction of sp³-hybridized carbons (Fsp3) is 0.240. The summed E-state index contributed by atoms with van der Waals surface area (Å²) in [5.41, 5.74) is 13.4. The Morgan fingerprint density at radius 3 is 2.88 bits per heavy atom. The molecule has 7 nitrogen and oxygen atoms in total. The Morgan fingerprint density at radius 1 is 1.16 bits per heavy atom. The first kappa shape index (κ1) is 20.2. The monoisotopic (exact) mass is 428 g/mol. The largest absolute Gasteiger partial charge is 0.497 e. The molecule has 32 heavy (non-hydrogen) atoms. The molecule has 3 heterocycles. The van der Waals surface area contributed by atoms with Crippen LogP contribution >= 0.6 is 0 Å². The summed E-state index contributed by atoms with van der Waals surface area (Å²) in [6, 6.07) is 12.5. The molecular weight excluding hydrogens is 400 g/mol. The maximum absolute atomic E-state index is 6.61. The van der Waals surface area contributed by atoms with E-state index in [1.54, 1.807) is 13.3 Å². The van der Waals surface area contributed by atoms with Crippen LogP contribution in [0.25, 0.3) is 21.8 Å². The number of aryl methyl sites for hydroxylation is 3. The zero-order valence-electron chi connectivity index (χ0n) is 18.5. The minimum Gasteiger partial charge on any atom is -0.497 e. The maximum atomic E-state index is 6.61. The lowest BCUT2D eigenvalue weighted by Gasteiger charge is -2.31. The molecule has 0 saturated heterocycles. The lowest BCUT2D eigenvalue weighted by Crippen LogP contribution is -2.54. The lowest BCUT2D eigenvalue weighted by molar-refractivity contribution is 0.356. The van der Waals surface area contributed by atoms with Crippen LogP contribution in [0.1, 0.15) is 23.2 Å². The van der Waals surface area contributed by atoms with Gasteiger partial charge in [0.1, 0.15) is 11.6 Å². The van der Waals surface area contributed by atoms with Crippen molar-refractivity contribution in [1.82, 2.24) is 15.3 Å². The van der Waals surface area contributed by atoms with Gasteiger partial charge in [0.25, 0.3) is 0 Å². The molecule has 2 aromatic heterocycles. The summed E-state index contributed by atoms with van der Waals surface area (Å²) in [6.07, 6.45) is 7.13. The zero-order valence-corrected chi connectivity index (χ0v) is 18.5. The van der Waals surface area contributed by atoms with E-state index in [-0.39, 0.29) is 0 Å². The van der Waals surface area contributed by atoms with Crippen molar-refractivity contribution in [2.45, 2.75) is 32.5 Å². The van der Waals surface area contributed by atoms with Crippen LogP contribution in [-0.2, 0) is 6.42 Å². The number of hydrogen-bond donors (Lipinski definition) is 5. The summed E-state index contributed by atoms with van der Waals surface area (Å²) < 4.78 is 5.45. The van der Waals surface area contributed by atoms with E-state index in [9.17, 15) is 0 Å². The fourth-order valence-corrected chi connectivity index (χ4v) is 4.35. The number of rotatable bonds is 6. The van der Waals surface area contributed by atoms with E-state index in [1.165, 1.54) is 10.9 Å². The normalized spacial score (nSPS) is 18.1. The molecule has 0 saturated carbocycles. The van der Waals surface area contributed by atoms with Crippen molar-refractivity contribution in [2.24, 2.45) is 10.7 Å². The number of nitrogens with two attached hydrogens (primary N) is 1. The third kappa shape index (κ3) is 3.83. The number of anilines is 1. The van der Waals surface area contributed by atoms with Gasteiger partial charge in [-0.1, -0.05) is 0 Å². The third-order valence-electron chi connectivity index (χ3n) is 5.99. The number of nitrogens with zero attached hydrogens (tertiary/aromatic N) is 1. The molecule has 1 aliphatic heterocycles. The molecule has 7 heteroatoms. The van der Waals surface area contributed by atoms with Crippen molar-refractivity contribution < 1.29 is 4.74 Å². The van der Waals surface area contributed by atoms with Crippen molar-refractivity contribution in [3.63, 3.8) is 0 Å². The van der Waals surface area contributed by atoms with Crippen LogP contribution < -0.4 is 21.1 Å². The highest BCUT2D eigenvalue weighted by molar-refractivity contribution is 5.87. The summed E-state index contributed by atoms with van der Waals surface area (Å²) in [5, 5.41) is 9.12. The van der Waals surface area contributed by atoms with Gasteiger partial charge in [-0.3, -0.25) is 10.7 Å².